The second-order valence-electron chi connectivity index (χ2n) is 4.14. The van der Waals surface area contributed by atoms with Gasteiger partial charge < -0.3 is 11.1 Å². The Morgan fingerprint density at radius 2 is 1.90 bits per heavy atom. The van der Waals surface area contributed by atoms with E-state index >= 15 is 0 Å². The van der Waals surface area contributed by atoms with Gasteiger partial charge in [0.25, 0.3) is 5.91 Å². The maximum Gasteiger partial charge on any atom is 0.417 e. The number of carbonyl (C=O) groups excluding carboxylic acids is 1. The Labute approximate surface area is 118 Å². The number of anilines is 1. The number of aromatic nitrogens is 2. The number of amides is 1. The first kappa shape index (κ1) is 14.9. The minimum Gasteiger partial charge on any atom is -0.326 e. The lowest BCUT2D eigenvalue weighted by Gasteiger charge is -2.07. The predicted octanol–water partition coefficient (Wildman–Crippen LogP) is 2.21. The van der Waals surface area contributed by atoms with Crippen molar-refractivity contribution in [1.82, 2.24) is 9.97 Å². The van der Waals surface area contributed by atoms with Gasteiger partial charge in [0.15, 0.2) is 0 Å². The summed E-state index contributed by atoms with van der Waals surface area (Å²) in [7, 11) is 0. The van der Waals surface area contributed by atoms with Crippen LogP contribution in [-0.2, 0) is 12.7 Å². The first-order valence-electron chi connectivity index (χ1n) is 5.90. The van der Waals surface area contributed by atoms with Crippen LogP contribution in [0.4, 0.5) is 19.0 Å². The molecule has 0 aliphatic carbocycles. The summed E-state index contributed by atoms with van der Waals surface area (Å²) in [5, 5.41) is 2.43. The first-order chi connectivity index (χ1) is 9.90. The van der Waals surface area contributed by atoms with Crippen molar-refractivity contribution >= 4 is 11.7 Å². The molecule has 0 aliphatic rings. The highest BCUT2D eigenvalue weighted by Gasteiger charge is 2.30. The van der Waals surface area contributed by atoms with Crippen LogP contribution in [0.25, 0.3) is 0 Å². The highest BCUT2D eigenvalue weighted by Crippen LogP contribution is 2.28. The second-order valence-corrected chi connectivity index (χ2v) is 4.14. The van der Waals surface area contributed by atoms with Crippen molar-refractivity contribution in [2.24, 2.45) is 5.73 Å². The maximum atomic E-state index is 12.4. The maximum absolute atomic E-state index is 12.4. The molecule has 0 fully saturated rings. The van der Waals surface area contributed by atoms with E-state index in [2.05, 4.69) is 15.3 Å². The molecule has 2 aromatic heterocycles. The molecule has 2 rings (SSSR count). The fourth-order valence-electron chi connectivity index (χ4n) is 1.50. The van der Waals surface area contributed by atoms with E-state index in [1.807, 2.05) is 0 Å². The zero-order valence-electron chi connectivity index (χ0n) is 10.7. The number of pyridine rings is 2. The van der Waals surface area contributed by atoms with E-state index in [0.29, 0.717) is 12.7 Å². The number of alkyl halides is 3. The van der Waals surface area contributed by atoms with Crippen LogP contribution in [0.1, 0.15) is 21.6 Å². The molecule has 0 bridgehead atoms. The van der Waals surface area contributed by atoms with Crippen LogP contribution in [0.5, 0.6) is 0 Å². The summed E-state index contributed by atoms with van der Waals surface area (Å²) in [4.78, 5) is 19.3. The molecule has 0 atom stereocenters. The summed E-state index contributed by atoms with van der Waals surface area (Å²) >= 11 is 0. The Kier molecular flexibility index (Phi) is 4.18. The van der Waals surface area contributed by atoms with Crippen molar-refractivity contribution in [3.05, 3.63) is 53.5 Å². The normalized spacial score (nSPS) is 11.2. The lowest BCUT2D eigenvalue weighted by Crippen LogP contribution is -2.15. The van der Waals surface area contributed by atoms with E-state index < -0.39 is 17.6 Å². The number of carbonyl (C=O) groups is 1. The fourth-order valence-corrected chi connectivity index (χ4v) is 1.50. The molecule has 8 heteroatoms. The number of nitrogens with zero attached hydrogens (tertiary/aromatic N) is 2. The molecule has 2 aromatic rings. The Morgan fingerprint density at radius 3 is 2.38 bits per heavy atom. The van der Waals surface area contributed by atoms with E-state index in [0.717, 1.165) is 17.7 Å². The molecule has 0 radical (unpaired) electrons. The summed E-state index contributed by atoms with van der Waals surface area (Å²) in [6.07, 6.45) is -2.38. The molecule has 0 aromatic carbocycles. The Balaban J connectivity index is 2.09. The van der Waals surface area contributed by atoms with Gasteiger partial charge in [-0.15, -0.1) is 0 Å². The number of nitrogens with one attached hydrogen (secondary N) is 1. The van der Waals surface area contributed by atoms with E-state index in [9.17, 15) is 18.0 Å². The highest BCUT2D eigenvalue weighted by atomic mass is 19.4. The molecule has 21 heavy (non-hydrogen) atoms. The lowest BCUT2D eigenvalue weighted by atomic mass is 10.2. The summed E-state index contributed by atoms with van der Waals surface area (Å²) in [5.74, 6) is -0.379. The van der Waals surface area contributed by atoms with Crippen LogP contribution in [0, 0.1) is 0 Å². The van der Waals surface area contributed by atoms with Crippen LogP contribution in [-0.4, -0.2) is 15.9 Å². The van der Waals surface area contributed by atoms with Gasteiger partial charge in [-0.1, -0.05) is 6.07 Å². The highest BCUT2D eigenvalue weighted by molar-refractivity contribution is 6.02. The molecule has 110 valence electrons. The van der Waals surface area contributed by atoms with Crippen LogP contribution < -0.4 is 11.1 Å². The second kappa shape index (κ2) is 5.88. The van der Waals surface area contributed by atoms with Gasteiger partial charge in [-0.05, 0) is 23.8 Å². The number of rotatable bonds is 3. The number of hydrogen-bond acceptors (Lipinski definition) is 4. The van der Waals surface area contributed by atoms with Crippen LogP contribution >= 0.6 is 0 Å². The van der Waals surface area contributed by atoms with E-state index in [1.165, 1.54) is 6.20 Å². The third kappa shape index (κ3) is 3.76. The van der Waals surface area contributed by atoms with Gasteiger partial charge in [0.05, 0.1) is 5.56 Å². The molecule has 0 aliphatic heterocycles. The minimum atomic E-state index is -4.48. The summed E-state index contributed by atoms with van der Waals surface area (Å²) in [5.41, 5.74) is 5.16. The average molecular weight is 296 g/mol. The summed E-state index contributed by atoms with van der Waals surface area (Å²) in [6, 6.07) is 5.03. The quantitative estimate of drug-likeness (QED) is 0.910. The van der Waals surface area contributed by atoms with Crippen LogP contribution in [0.2, 0.25) is 0 Å². The molecule has 1 amide bonds. The third-order valence-electron chi connectivity index (χ3n) is 2.63. The standard InChI is InChI=1S/C13H11F3N4O/c14-13(15,16)9-2-3-10(18-7-9)12(21)20-11-4-1-8(5-17)6-19-11/h1-4,6-7H,5,17H2,(H,19,20,21). The van der Waals surface area contributed by atoms with Gasteiger partial charge in [-0.3, -0.25) is 9.78 Å². The number of halogens is 3. The molecular weight excluding hydrogens is 285 g/mol. The average Bonchev–Trinajstić information content (AvgIpc) is 2.47. The van der Waals surface area contributed by atoms with Gasteiger partial charge in [0.1, 0.15) is 11.5 Å². The first-order valence-corrected chi connectivity index (χ1v) is 5.90. The monoisotopic (exact) mass is 296 g/mol. The van der Waals surface area contributed by atoms with Crippen molar-refractivity contribution in [3.63, 3.8) is 0 Å². The minimum absolute atomic E-state index is 0.132. The summed E-state index contributed by atoms with van der Waals surface area (Å²) in [6.45, 7) is 0.321. The van der Waals surface area contributed by atoms with Crippen molar-refractivity contribution in [2.75, 3.05) is 5.32 Å². The number of nitrogens with two attached hydrogens (primary N) is 1. The largest absolute Gasteiger partial charge is 0.417 e. The molecule has 0 unspecified atom stereocenters. The topological polar surface area (TPSA) is 80.9 Å². The van der Waals surface area contributed by atoms with Crippen LogP contribution in [0.15, 0.2) is 36.7 Å². The van der Waals surface area contributed by atoms with Gasteiger partial charge in [-0.25, -0.2) is 4.98 Å². The number of hydrogen-bond donors (Lipinski definition) is 2. The van der Waals surface area contributed by atoms with E-state index in [1.54, 1.807) is 12.1 Å². The Hall–Kier alpha value is -2.48. The van der Waals surface area contributed by atoms with Gasteiger partial charge in [0.2, 0.25) is 0 Å². The third-order valence-corrected chi connectivity index (χ3v) is 2.63. The molecule has 3 N–H and O–H groups in total. The van der Waals surface area contributed by atoms with E-state index in [-0.39, 0.29) is 11.5 Å². The molecular formula is C13H11F3N4O. The molecule has 0 saturated heterocycles. The van der Waals surface area contributed by atoms with E-state index in [4.69, 9.17) is 5.73 Å². The SMILES string of the molecule is NCc1ccc(NC(=O)c2ccc(C(F)(F)F)cn2)nc1. The Morgan fingerprint density at radius 1 is 1.14 bits per heavy atom. The van der Waals surface area contributed by atoms with Crippen molar-refractivity contribution in [2.45, 2.75) is 12.7 Å². The van der Waals surface area contributed by atoms with Crippen molar-refractivity contribution in [3.8, 4) is 0 Å². The van der Waals surface area contributed by atoms with Crippen LogP contribution in [0.3, 0.4) is 0 Å². The molecule has 5 nitrogen and oxygen atoms in total. The molecule has 0 spiro atoms. The van der Waals surface area contributed by atoms with Crippen molar-refractivity contribution in [1.29, 1.82) is 0 Å². The zero-order chi connectivity index (χ0) is 15.5. The summed E-state index contributed by atoms with van der Waals surface area (Å²) < 4.78 is 37.1. The van der Waals surface area contributed by atoms with Gasteiger partial charge in [0, 0.05) is 18.9 Å². The Bertz CT molecular complexity index is 623. The molecule has 2 heterocycles. The lowest BCUT2D eigenvalue weighted by molar-refractivity contribution is -0.137. The predicted molar refractivity (Wildman–Crippen MR) is 69.3 cm³/mol. The van der Waals surface area contributed by atoms with Gasteiger partial charge in [-0.2, -0.15) is 13.2 Å². The smallest absolute Gasteiger partial charge is 0.326 e. The van der Waals surface area contributed by atoms with Crippen molar-refractivity contribution < 1.29 is 18.0 Å². The van der Waals surface area contributed by atoms with Gasteiger partial charge >= 0.3 is 6.18 Å². The zero-order valence-corrected chi connectivity index (χ0v) is 10.7. The fraction of sp³-hybridized carbons (Fsp3) is 0.154. The molecule has 0 saturated carbocycles.